The van der Waals surface area contributed by atoms with Crippen LogP contribution in [0, 0.1) is 0 Å². The van der Waals surface area contributed by atoms with Gasteiger partial charge in [-0.15, -0.1) is 0 Å². The van der Waals surface area contributed by atoms with Crippen molar-refractivity contribution in [3.05, 3.63) is 120 Å². The standard InChI is InChI=1S/C29H21NO3/c31-29(22-15-16-25-26(17-22)33-19-32-25)27-23-13-7-8-14-24(23)30(18-20-9-3-1-4-10-20)28(27)21-11-5-2-6-12-21/h1-17H,18-19H2. The molecule has 0 fully saturated rings. The van der Waals surface area contributed by atoms with Gasteiger partial charge in [-0.2, -0.15) is 0 Å². The third-order valence-electron chi connectivity index (χ3n) is 6.06. The number of fused-ring (bicyclic) bond motifs is 2. The van der Waals surface area contributed by atoms with Crippen molar-refractivity contribution >= 4 is 16.7 Å². The lowest BCUT2D eigenvalue weighted by Crippen LogP contribution is -2.06. The summed E-state index contributed by atoms with van der Waals surface area (Å²) >= 11 is 0. The fraction of sp³-hybridized carbons (Fsp3) is 0.0690. The smallest absolute Gasteiger partial charge is 0.231 e. The van der Waals surface area contributed by atoms with E-state index in [2.05, 4.69) is 34.9 Å². The molecule has 1 aliphatic heterocycles. The summed E-state index contributed by atoms with van der Waals surface area (Å²) in [6, 6.07) is 34.0. The minimum Gasteiger partial charge on any atom is -0.454 e. The molecule has 0 unspecified atom stereocenters. The van der Waals surface area contributed by atoms with Crippen LogP contribution in [0.1, 0.15) is 21.5 Å². The molecule has 160 valence electrons. The number of carbonyl (C=O) groups is 1. The van der Waals surface area contributed by atoms with Gasteiger partial charge in [0.05, 0.1) is 11.3 Å². The van der Waals surface area contributed by atoms with Gasteiger partial charge < -0.3 is 14.0 Å². The first-order chi connectivity index (χ1) is 16.3. The topological polar surface area (TPSA) is 40.5 Å². The summed E-state index contributed by atoms with van der Waals surface area (Å²) in [6.45, 7) is 0.846. The fourth-order valence-electron chi connectivity index (χ4n) is 4.54. The van der Waals surface area contributed by atoms with Crippen LogP contribution in [0.3, 0.4) is 0 Å². The second kappa shape index (κ2) is 7.99. The van der Waals surface area contributed by atoms with Crippen LogP contribution in [-0.2, 0) is 6.54 Å². The van der Waals surface area contributed by atoms with Gasteiger partial charge in [-0.1, -0.05) is 78.9 Å². The average Bonchev–Trinajstić information content (AvgIpc) is 3.47. The van der Waals surface area contributed by atoms with E-state index in [1.54, 1.807) is 12.1 Å². The van der Waals surface area contributed by atoms with Gasteiger partial charge in [0.25, 0.3) is 0 Å². The highest BCUT2D eigenvalue weighted by Gasteiger charge is 2.26. The zero-order valence-electron chi connectivity index (χ0n) is 17.9. The van der Waals surface area contributed by atoms with E-state index in [-0.39, 0.29) is 12.6 Å². The van der Waals surface area contributed by atoms with Crippen LogP contribution in [0.15, 0.2) is 103 Å². The van der Waals surface area contributed by atoms with Crippen LogP contribution in [0.5, 0.6) is 11.5 Å². The average molecular weight is 431 g/mol. The van der Waals surface area contributed by atoms with E-state index < -0.39 is 0 Å². The third kappa shape index (κ3) is 3.37. The SMILES string of the molecule is O=C(c1ccc2c(c1)OCO2)c1c(-c2ccccc2)n(Cc2ccccc2)c2ccccc12. The number of para-hydroxylation sites is 1. The Balaban J connectivity index is 1.60. The molecule has 0 saturated heterocycles. The molecule has 1 aliphatic rings. The maximum atomic E-state index is 14.0. The van der Waals surface area contributed by atoms with E-state index in [4.69, 9.17) is 9.47 Å². The van der Waals surface area contributed by atoms with E-state index in [0.717, 1.165) is 22.2 Å². The first kappa shape index (κ1) is 19.4. The molecule has 6 rings (SSSR count). The summed E-state index contributed by atoms with van der Waals surface area (Å²) < 4.78 is 13.2. The predicted molar refractivity (Wildman–Crippen MR) is 129 cm³/mol. The van der Waals surface area contributed by atoms with E-state index in [1.807, 2.05) is 60.7 Å². The van der Waals surface area contributed by atoms with E-state index in [9.17, 15) is 4.79 Å². The molecule has 33 heavy (non-hydrogen) atoms. The Morgan fingerprint density at radius 3 is 2.27 bits per heavy atom. The third-order valence-corrected chi connectivity index (χ3v) is 6.06. The summed E-state index contributed by atoms with van der Waals surface area (Å²) in [6.07, 6.45) is 0. The van der Waals surface area contributed by atoms with E-state index in [0.29, 0.717) is 29.2 Å². The molecule has 4 nitrogen and oxygen atoms in total. The maximum Gasteiger partial charge on any atom is 0.231 e. The van der Waals surface area contributed by atoms with Crippen LogP contribution in [0.2, 0.25) is 0 Å². The quantitative estimate of drug-likeness (QED) is 0.306. The van der Waals surface area contributed by atoms with Crippen molar-refractivity contribution in [1.82, 2.24) is 4.57 Å². The van der Waals surface area contributed by atoms with Gasteiger partial charge in [-0.05, 0) is 35.4 Å². The second-order valence-electron chi connectivity index (χ2n) is 8.08. The van der Waals surface area contributed by atoms with Crippen LogP contribution in [-0.4, -0.2) is 17.1 Å². The summed E-state index contributed by atoms with van der Waals surface area (Å²) in [7, 11) is 0. The Bertz CT molecular complexity index is 1470. The summed E-state index contributed by atoms with van der Waals surface area (Å²) in [5.74, 6) is 1.24. The first-order valence-electron chi connectivity index (χ1n) is 10.9. The van der Waals surface area contributed by atoms with E-state index >= 15 is 0 Å². The number of rotatable bonds is 5. The molecule has 0 N–H and O–H groups in total. The molecule has 0 atom stereocenters. The van der Waals surface area contributed by atoms with Crippen LogP contribution < -0.4 is 9.47 Å². The van der Waals surface area contributed by atoms with Crippen molar-refractivity contribution in [1.29, 1.82) is 0 Å². The van der Waals surface area contributed by atoms with Gasteiger partial charge in [0.15, 0.2) is 17.3 Å². The highest BCUT2D eigenvalue weighted by molar-refractivity contribution is 6.20. The molecule has 4 aromatic carbocycles. The number of ketones is 1. The predicted octanol–water partition coefficient (Wildman–Crippen LogP) is 6.32. The van der Waals surface area contributed by atoms with Crippen molar-refractivity contribution < 1.29 is 14.3 Å². The minimum atomic E-state index is -0.0323. The molecule has 4 heteroatoms. The Morgan fingerprint density at radius 2 is 1.45 bits per heavy atom. The molecule has 1 aromatic heterocycles. The lowest BCUT2D eigenvalue weighted by molar-refractivity contribution is 0.104. The molecule has 0 spiro atoms. The van der Waals surface area contributed by atoms with Crippen molar-refractivity contribution in [3.8, 4) is 22.8 Å². The van der Waals surface area contributed by atoms with Gasteiger partial charge in [-0.25, -0.2) is 0 Å². The number of carbonyl (C=O) groups excluding carboxylic acids is 1. The van der Waals surface area contributed by atoms with Crippen LogP contribution in [0.25, 0.3) is 22.2 Å². The molecule has 2 heterocycles. The summed E-state index contributed by atoms with van der Waals surface area (Å²) in [4.78, 5) is 14.0. The van der Waals surface area contributed by atoms with Crippen LogP contribution >= 0.6 is 0 Å². The molecule has 0 saturated carbocycles. The maximum absolute atomic E-state index is 14.0. The number of hydrogen-bond acceptors (Lipinski definition) is 3. The van der Waals surface area contributed by atoms with Gasteiger partial charge >= 0.3 is 0 Å². The largest absolute Gasteiger partial charge is 0.454 e. The van der Waals surface area contributed by atoms with Crippen molar-refractivity contribution in [2.45, 2.75) is 6.54 Å². The molecule has 0 bridgehead atoms. The Morgan fingerprint density at radius 1 is 0.758 bits per heavy atom. The number of aromatic nitrogens is 1. The van der Waals surface area contributed by atoms with Crippen molar-refractivity contribution in [2.75, 3.05) is 6.79 Å². The fourth-order valence-corrected chi connectivity index (χ4v) is 4.54. The molecular weight excluding hydrogens is 410 g/mol. The zero-order valence-corrected chi connectivity index (χ0v) is 17.9. The number of hydrogen-bond donors (Lipinski definition) is 0. The van der Waals surface area contributed by atoms with Gasteiger partial charge in [-0.3, -0.25) is 4.79 Å². The monoisotopic (exact) mass is 431 g/mol. The lowest BCUT2D eigenvalue weighted by atomic mass is 9.97. The Kier molecular flexibility index (Phi) is 4.69. The molecule has 5 aromatic rings. The summed E-state index contributed by atoms with van der Waals surface area (Å²) in [5, 5.41) is 0.940. The summed E-state index contributed by atoms with van der Waals surface area (Å²) in [5.41, 5.74) is 5.42. The molecular formula is C29H21NO3. The minimum absolute atomic E-state index is 0.0323. The normalized spacial score (nSPS) is 12.2. The van der Waals surface area contributed by atoms with Crippen molar-refractivity contribution in [3.63, 3.8) is 0 Å². The first-order valence-corrected chi connectivity index (χ1v) is 10.9. The van der Waals surface area contributed by atoms with Gasteiger partial charge in [0.1, 0.15) is 0 Å². The van der Waals surface area contributed by atoms with E-state index in [1.165, 1.54) is 5.56 Å². The number of nitrogens with zero attached hydrogens (tertiary/aromatic N) is 1. The Labute approximate surface area is 191 Å². The lowest BCUT2D eigenvalue weighted by Gasteiger charge is -2.13. The highest BCUT2D eigenvalue weighted by atomic mass is 16.7. The highest BCUT2D eigenvalue weighted by Crippen LogP contribution is 2.38. The zero-order chi connectivity index (χ0) is 22.2. The number of ether oxygens (including phenoxy) is 2. The van der Waals surface area contributed by atoms with Gasteiger partial charge in [0.2, 0.25) is 6.79 Å². The Hall–Kier alpha value is -4.31. The van der Waals surface area contributed by atoms with Gasteiger partial charge in [0, 0.05) is 23.0 Å². The van der Waals surface area contributed by atoms with Crippen LogP contribution in [0.4, 0.5) is 0 Å². The number of benzene rings is 4. The second-order valence-corrected chi connectivity index (χ2v) is 8.08. The molecule has 0 aliphatic carbocycles. The van der Waals surface area contributed by atoms with Crippen molar-refractivity contribution in [2.24, 2.45) is 0 Å². The molecule has 0 amide bonds. The molecule has 0 radical (unpaired) electrons.